The molecule has 0 unspecified atom stereocenters. The molecule has 2 amide bonds. The number of hydrogen-bond donors (Lipinski definition) is 3. The van der Waals surface area contributed by atoms with E-state index in [1.807, 2.05) is 64.7 Å². The van der Waals surface area contributed by atoms with Gasteiger partial charge in [-0.25, -0.2) is 9.59 Å². The third-order valence-electron chi connectivity index (χ3n) is 13.5. The van der Waals surface area contributed by atoms with Gasteiger partial charge in [-0.2, -0.15) is 0 Å². The lowest BCUT2D eigenvalue weighted by Gasteiger charge is -2.27. The van der Waals surface area contributed by atoms with Crippen LogP contribution in [0.3, 0.4) is 0 Å². The number of aliphatic hydroxyl groups is 1. The summed E-state index contributed by atoms with van der Waals surface area (Å²) in [6, 6.07) is 0. The van der Waals surface area contributed by atoms with Crippen LogP contribution in [0.5, 0.6) is 0 Å². The molecule has 0 aliphatic heterocycles. The maximum absolute atomic E-state index is 12.8. The van der Waals surface area contributed by atoms with Crippen molar-refractivity contribution in [2.75, 3.05) is 46.0 Å². The van der Waals surface area contributed by atoms with Gasteiger partial charge in [0.2, 0.25) is 0 Å². The van der Waals surface area contributed by atoms with Gasteiger partial charge in [-0.1, -0.05) is 192 Å². The molecule has 0 aliphatic carbocycles. The highest BCUT2D eigenvalue weighted by Crippen LogP contribution is 2.17. The molecule has 0 saturated carbocycles. The number of carboxylic acid groups (broad SMARTS) is 2. The van der Waals surface area contributed by atoms with Crippen molar-refractivity contribution < 1.29 is 63.0 Å². The van der Waals surface area contributed by atoms with Crippen LogP contribution in [0.4, 0.5) is 9.59 Å². The molecule has 0 fully saturated rings. The standard InChI is InChI=1S/C39H71NO6.C21H39NO6.C9H18O/c1-6-8-10-12-14-22-28-34-44-36(41)30-24-18-16-20-26-32-40(38(43)46-39(3,4)5)33-27-21-17-19-25-31-37(42)45-35-29-23-15-13-11-9-7-2;1-21(2,3)28-20(27)22(16-12-8-4-6-10-14-18(23)24)17-13-9-5-7-11-15-19(25)26;1-2-3-4-5-6-7-8-9-10/h22-23,28-29H,6-21,24-27,30-35H2,1-5H3;4-17H2,1-3H3,(H,23,24)(H,25,26);7-8,10H,2-6,9H2,1H3/b28-22-,29-23-;;8-7-. The molecule has 0 heterocycles. The lowest BCUT2D eigenvalue weighted by molar-refractivity contribution is -0.143. The van der Waals surface area contributed by atoms with E-state index < -0.39 is 23.1 Å². The molecular formula is C69H128N2O13. The SMILES string of the molecule is CC(C)(C)OC(=O)N(CCCCCCCC(=O)O)CCCCCCCC(=O)O.CCCCCC/C=C\CO.CCCCCC/C=C\COC(=O)CCCCCCCN(CCCCCCCC(=O)OC/C=C\CCCCCC)C(=O)OC(C)(C)C. The summed E-state index contributed by atoms with van der Waals surface area (Å²) in [7, 11) is 0. The summed E-state index contributed by atoms with van der Waals surface area (Å²) in [4.78, 5) is 73.7. The summed E-state index contributed by atoms with van der Waals surface area (Å²) in [5, 5.41) is 25.6. The molecule has 84 heavy (non-hydrogen) atoms. The third kappa shape index (κ3) is 70.1. The minimum Gasteiger partial charge on any atom is -0.481 e. The number of aliphatic hydroxyl groups excluding tert-OH is 1. The number of hydrogen-bond acceptors (Lipinski definition) is 11. The number of carbonyl (C=O) groups is 6. The van der Waals surface area contributed by atoms with Gasteiger partial charge in [-0.05, 0) is 131 Å². The highest BCUT2D eigenvalue weighted by Gasteiger charge is 2.23. The fraction of sp³-hybridized carbons (Fsp3) is 0.826. The molecule has 0 atom stereocenters. The fourth-order valence-electron chi connectivity index (χ4n) is 8.72. The van der Waals surface area contributed by atoms with E-state index in [9.17, 15) is 28.8 Å². The van der Waals surface area contributed by atoms with E-state index in [2.05, 4.69) is 39.0 Å². The van der Waals surface area contributed by atoms with Gasteiger partial charge in [0.15, 0.2) is 0 Å². The molecule has 0 aromatic heterocycles. The van der Waals surface area contributed by atoms with Crippen LogP contribution in [0.25, 0.3) is 0 Å². The minimum atomic E-state index is -0.751. The molecule has 15 heteroatoms. The van der Waals surface area contributed by atoms with E-state index in [4.69, 9.17) is 34.3 Å². The molecule has 0 aromatic carbocycles. The highest BCUT2D eigenvalue weighted by molar-refractivity contribution is 5.70. The van der Waals surface area contributed by atoms with Gasteiger partial charge in [0, 0.05) is 51.9 Å². The topological polar surface area (TPSA) is 207 Å². The lowest BCUT2D eigenvalue weighted by Crippen LogP contribution is -2.38. The third-order valence-corrected chi connectivity index (χ3v) is 13.5. The van der Waals surface area contributed by atoms with E-state index in [1.165, 1.54) is 77.0 Å². The van der Waals surface area contributed by atoms with E-state index in [0.29, 0.717) is 65.1 Å². The molecule has 492 valence electrons. The van der Waals surface area contributed by atoms with Crippen molar-refractivity contribution >= 4 is 36.1 Å². The number of carboxylic acids is 2. The Balaban J connectivity index is -0.00000145. The summed E-state index contributed by atoms with van der Waals surface area (Å²) >= 11 is 0. The van der Waals surface area contributed by atoms with Crippen LogP contribution >= 0.6 is 0 Å². The first kappa shape index (κ1) is 83.8. The average molecular weight is 1190 g/mol. The van der Waals surface area contributed by atoms with Crippen LogP contribution in [-0.4, -0.2) is 118 Å². The zero-order valence-electron chi connectivity index (χ0n) is 55.3. The molecular weight excluding hydrogens is 1060 g/mol. The molecule has 0 spiro atoms. The predicted molar refractivity (Wildman–Crippen MR) is 344 cm³/mol. The van der Waals surface area contributed by atoms with Crippen LogP contribution < -0.4 is 0 Å². The average Bonchev–Trinajstić information content (AvgIpc) is 3.52. The molecule has 0 aromatic rings. The molecule has 0 saturated heterocycles. The van der Waals surface area contributed by atoms with Crippen molar-refractivity contribution in [3.63, 3.8) is 0 Å². The quantitative estimate of drug-likeness (QED) is 0.0225. The normalized spacial score (nSPS) is 11.5. The molecule has 0 aliphatic rings. The summed E-state index contributed by atoms with van der Waals surface area (Å²) in [5.74, 6) is -1.75. The summed E-state index contributed by atoms with van der Waals surface area (Å²) in [5.41, 5.74) is -1.05. The Labute approximate surface area is 513 Å². The Morgan fingerprint density at radius 2 is 0.607 bits per heavy atom. The second-order valence-corrected chi connectivity index (χ2v) is 24.3. The van der Waals surface area contributed by atoms with Gasteiger partial charge in [0.1, 0.15) is 24.4 Å². The Morgan fingerprint density at radius 1 is 0.345 bits per heavy atom. The number of nitrogens with zero attached hydrogens (tertiary/aromatic N) is 2. The number of carbonyl (C=O) groups excluding carboxylic acids is 4. The first-order valence-corrected chi connectivity index (χ1v) is 33.5. The number of allylic oxidation sites excluding steroid dienone is 3. The van der Waals surface area contributed by atoms with E-state index in [1.54, 1.807) is 4.90 Å². The van der Waals surface area contributed by atoms with Crippen molar-refractivity contribution in [3.05, 3.63) is 36.5 Å². The van der Waals surface area contributed by atoms with Crippen molar-refractivity contribution in [1.29, 1.82) is 0 Å². The van der Waals surface area contributed by atoms with Gasteiger partial charge < -0.3 is 44.1 Å². The summed E-state index contributed by atoms with van der Waals surface area (Å²) < 4.78 is 21.8. The summed E-state index contributed by atoms with van der Waals surface area (Å²) in [6.45, 7) is 21.5. The van der Waals surface area contributed by atoms with Crippen LogP contribution in [0.2, 0.25) is 0 Å². The summed E-state index contributed by atoms with van der Waals surface area (Å²) in [6.07, 6.45) is 49.7. The minimum absolute atomic E-state index is 0.122. The lowest BCUT2D eigenvalue weighted by atomic mass is 10.1. The van der Waals surface area contributed by atoms with Crippen LogP contribution in [0.15, 0.2) is 36.5 Å². The molecule has 15 nitrogen and oxygen atoms in total. The van der Waals surface area contributed by atoms with Gasteiger partial charge >= 0.3 is 36.1 Å². The molecule has 3 N–H and O–H groups in total. The number of aliphatic carboxylic acids is 2. The second-order valence-electron chi connectivity index (χ2n) is 24.3. The van der Waals surface area contributed by atoms with E-state index in [-0.39, 0.29) is 43.6 Å². The van der Waals surface area contributed by atoms with Gasteiger partial charge in [0.05, 0.1) is 6.61 Å². The second kappa shape index (κ2) is 61.7. The number of unbranched alkanes of at least 4 members (excludes halogenated alkanes) is 28. The van der Waals surface area contributed by atoms with Crippen LogP contribution in [0, 0.1) is 0 Å². The zero-order chi connectivity index (χ0) is 63.2. The number of rotatable bonds is 52. The van der Waals surface area contributed by atoms with Gasteiger partial charge in [0.25, 0.3) is 0 Å². The Morgan fingerprint density at radius 3 is 0.881 bits per heavy atom. The van der Waals surface area contributed by atoms with Crippen LogP contribution in [0.1, 0.15) is 313 Å². The maximum atomic E-state index is 12.8. The van der Waals surface area contributed by atoms with E-state index >= 15 is 0 Å². The van der Waals surface area contributed by atoms with E-state index in [0.717, 1.165) is 135 Å². The number of ether oxygens (including phenoxy) is 4. The van der Waals surface area contributed by atoms with Crippen molar-refractivity contribution in [2.45, 2.75) is 324 Å². The number of amides is 2. The largest absolute Gasteiger partial charge is 0.481 e. The monoisotopic (exact) mass is 1190 g/mol. The predicted octanol–water partition coefficient (Wildman–Crippen LogP) is 18.6. The molecule has 0 rings (SSSR count). The van der Waals surface area contributed by atoms with Crippen LogP contribution in [-0.2, 0) is 38.1 Å². The smallest absolute Gasteiger partial charge is 0.410 e. The first-order valence-electron chi connectivity index (χ1n) is 33.5. The zero-order valence-corrected chi connectivity index (χ0v) is 55.3. The molecule has 0 radical (unpaired) electrons. The Bertz CT molecular complexity index is 1570. The first-order chi connectivity index (χ1) is 40.2. The Hall–Kier alpha value is -4.40. The number of esters is 2. The fourth-order valence-corrected chi connectivity index (χ4v) is 8.72. The van der Waals surface area contributed by atoms with Gasteiger partial charge in [-0.3, -0.25) is 19.2 Å². The van der Waals surface area contributed by atoms with Crippen molar-refractivity contribution in [1.82, 2.24) is 9.80 Å². The molecule has 0 bridgehead atoms. The maximum Gasteiger partial charge on any atom is 0.410 e. The highest BCUT2D eigenvalue weighted by atomic mass is 16.6. The van der Waals surface area contributed by atoms with Gasteiger partial charge in [-0.15, -0.1) is 0 Å². The Kier molecular flexibility index (Phi) is 61.5. The van der Waals surface area contributed by atoms with Crippen molar-refractivity contribution in [2.24, 2.45) is 0 Å². The van der Waals surface area contributed by atoms with Crippen molar-refractivity contribution in [3.8, 4) is 0 Å².